The summed E-state index contributed by atoms with van der Waals surface area (Å²) in [6.07, 6.45) is 3.62. The van der Waals surface area contributed by atoms with E-state index in [1.54, 1.807) is 6.20 Å². The number of rotatable bonds is 3. The van der Waals surface area contributed by atoms with Crippen LogP contribution in [-0.2, 0) is 6.54 Å². The zero-order valence-corrected chi connectivity index (χ0v) is 12.4. The fourth-order valence-electron chi connectivity index (χ4n) is 1.47. The van der Waals surface area contributed by atoms with E-state index in [2.05, 4.69) is 47.1 Å². The first-order valence-corrected chi connectivity index (χ1v) is 6.70. The SMILES string of the molecule is Cc1nc(Br)ccc1NCc1cncc(Br)c1. The van der Waals surface area contributed by atoms with Crippen LogP contribution in [0.1, 0.15) is 11.3 Å². The minimum Gasteiger partial charge on any atom is -0.379 e. The molecule has 88 valence electrons. The summed E-state index contributed by atoms with van der Waals surface area (Å²) in [5.41, 5.74) is 3.14. The van der Waals surface area contributed by atoms with Crippen molar-refractivity contribution >= 4 is 37.5 Å². The molecule has 0 saturated heterocycles. The second kappa shape index (κ2) is 5.60. The molecule has 0 amide bonds. The fraction of sp³-hybridized carbons (Fsp3) is 0.167. The van der Waals surface area contributed by atoms with Crippen molar-refractivity contribution < 1.29 is 0 Å². The van der Waals surface area contributed by atoms with Crippen LogP contribution in [0, 0.1) is 6.92 Å². The number of anilines is 1. The standard InChI is InChI=1S/C12H11Br2N3/c1-8-11(2-3-12(14)17-8)16-6-9-4-10(13)7-15-5-9/h2-5,7,16H,6H2,1H3. The topological polar surface area (TPSA) is 37.8 Å². The van der Waals surface area contributed by atoms with Gasteiger partial charge in [0.1, 0.15) is 4.60 Å². The van der Waals surface area contributed by atoms with Crippen molar-refractivity contribution in [3.8, 4) is 0 Å². The van der Waals surface area contributed by atoms with Crippen LogP contribution in [0.2, 0.25) is 0 Å². The molecule has 0 fully saturated rings. The van der Waals surface area contributed by atoms with Gasteiger partial charge in [-0.1, -0.05) is 0 Å². The molecule has 3 nitrogen and oxygen atoms in total. The fourth-order valence-corrected chi connectivity index (χ4v) is 2.28. The molecule has 5 heteroatoms. The maximum absolute atomic E-state index is 4.33. The molecule has 0 aliphatic carbocycles. The van der Waals surface area contributed by atoms with Crippen molar-refractivity contribution in [3.05, 3.63) is 50.9 Å². The van der Waals surface area contributed by atoms with Gasteiger partial charge >= 0.3 is 0 Å². The second-order valence-corrected chi connectivity index (χ2v) is 5.36. The summed E-state index contributed by atoms with van der Waals surface area (Å²) in [5.74, 6) is 0. The van der Waals surface area contributed by atoms with Crippen LogP contribution in [0.3, 0.4) is 0 Å². The molecule has 2 rings (SSSR count). The van der Waals surface area contributed by atoms with Gasteiger partial charge in [0.25, 0.3) is 0 Å². The molecule has 0 spiro atoms. The highest BCUT2D eigenvalue weighted by Crippen LogP contribution is 2.17. The van der Waals surface area contributed by atoms with Gasteiger partial charge < -0.3 is 5.32 Å². The molecule has 1 N–H and O–H groups in total. The van der Waals surface area contributed by atoms with E-state index < -0.39 is 0 Å². The second-order valence-electron chi connectivity index (χ2n) is 3.63. The third kappa shape index (κ3) is 3.51. The molecule has 0 unspecified atom stereocenters. The molecule has 0 radical (unpaired) electrons. The molecule has 0 atom stereocenters. The lowest BCUT2D eigenvalue weighted by molar-refractivity contribution is 1.08. The van der Waals surface area contributed by atoms with E-state index in [0.717, 1.165) is 32.6 Å². The predicted molar refractivity (Wildman–Crippen MR) is 75.9 cm³/mol. The maximum atomic E-state index is 4.33. The first-order chi connectivity index (χ1) is 8.15. The normalized spacial score (nSPS) is 10.3. The van der Waals surface area contributed by atoms with Gasteiger partial charge in [-0.3, -0.25) is 4.98 Å². The van der Waals surface area contributed by atoms with Crippen LogP contribution in [-0.4, -0.2) is 9.97 Å². The zero-order chi connectivity index (χ0) is 12.3. The van der Waals surface area contributed by atoms with E-state index in [-0.39, 0.29) is 0 Å². The van der Waals surface area contributed by atoms with Gasteiger partial charge in [-0.05, 0) is 62.5 Å². The van der Waals surface area contributed by atoms with Crippen LogP contribution in [0.5, 0.6) is 0 Å². The molecule has 2 aromatic heterocycles. The van der Waals surface area contributed by atoms with Crippen LogP contribution in [0.4, 0.5) is 5.69 Å². The minimum atomic E-state index is 0.733. The smallest absolute Gasteiger partial charge is 0.106 e. The van der Waals surface area contributed by atoms with E-state index in [4.69, 9.17) is 0 Å². The quantitative estimate of drug-likeness (QED) is 0.847. The molecular weight excluding hydrogens is 346 g/mol. The number of aryl methyl sites for hydroxylation is 1. The summed E-state index contributed by atoms with van der Waals surface area (Å²) in [6, 6.07) is 5.98. The summed E-state index contributed by atoms with van der Waals surface area (Å²) in [5, 5.41) is 3.34. The number of nitrogens with zero attached hydrogens (tertiary/aromatic N) is 2. The van der Waals surface area contributed by atoms with E-state index in [1.807, 2.05) is 31.3 Å². The van der Waals surface area contributed by atoms with Gasteiger partial charge in [0.05, 0.1) is 11.4 Å². The first-order valence-electron chi connectivity index (χ1n) is 5.11. The number of hydrogen-bond acceptors (Lipinski definition) is 3. The van der Waals surface area contributed by atoms with Gasteiger partial charge in [-0.2, -0.15) is 0 Å². The van der Waals surface area contributed by atoms with Crippen molar-refractivity contribution in [2.75, 3.05) is 5.32 Å². The molecule has 2 aromatic rings. The number of aromatic nitrogens is 2. The molecule has 17 heavy (non-hydrogen) atoms. The van der Waals surface area contributed by atoms with Crippen LogP contribution < -0.4 is 5.32 Å². The van der Waals surface area contributed by atoms with E-state index in [1.165, 1.54) is 0 Å². The number of hydrogen-bond donors (Lipinski definition) is 1. The lowest BCUT2D eigenvalue weighted by atomic mass is 10.2. The Bertz CT molecular complexity index is 529. The van der Waals surface area contributed by atoms with E-state index >= 15 is 0 Å². The monoisotopic (exact) mass is 355 g/mol. The molecule has 0 aromatic carbocycles. The molecule has 0 aliphatic heterocycles. The summed E-state index contributed by atoms with van der Waals surface area (Å²) in [6.45, 7) is 2.71. The average Bonchev–Trinajstić information content (AvgIpc) is 2.28. The van der Waals surface area contributed by atoms with E-state index in [9.17, 15) is 0 Å². The van der Waals surface area contributed by atoms with Crippen molar-refractivity contribution in [3.63, 3.8) is 0 Å². The highest BCUT2D eigenvalue weighted by molar-refractivity contribution is 9.10. The van der Waals surface area contributed by atoms with Gasteiger partial charge in [-0.15, -0.1) is 0 Å². The average molecular weight is 357 g/mol. The van der Waals surface area contributed by atoms with Gasteiger partial charge in [0.15, 0.2) is 0 Å². The summed E-state index contributed by atoms with van der Waals surface area (Å²) < 4.78 is 1.84. The number of pyridine rings is 2. The Morgan fingerprint density at radius 1 is 1.24 bits per heavy atom. The lowest BCUT2D eigenvalue weighted by Gasteiger charge is -2.09. The Kier molecular flexibility index (Phi) is 4.12. The highest BCUT2D eigenvalue weighted by atomic mass is 79.9. The van der Waals surface area contributed by atoms with Gasteiger partial charge in [0, 0.05) is 23.4 Å². The van der Waals surface area contributed by atoms with Crippen LogP contribution in [0.25, 0.3) is 0 Å². The number of halogens is 2. The predicted octanol–water partition coefficient (Wildman–Crippen LogP) is 3.92. The summed E-state index contributed by atoms with van der Waals surface area (Å²) in [4.78, 5) is 8.46. The maximum Gasteiger partial charge on any atom is 0.106 e. The molecule has 0 bridgehead atoms. The lowest BCUT2D eigenvalue weighted by Crippen LogP contribution is -2.02. The Hall–Kier alpha value is -0.940. The number of nitrogens with one attached hydrogen (secondary N) is 1. The van der Waals surface area contributed by atoms with E-state index in [0.29, 0.717) is 0 Å². The first kappa shape index (κ1) is 12.5. The molecule has 2 heterocycles. The highest BCUT2D eigenvalue weighted by Gasteiger charge is 2.00. The summed E-state index contributed by atoms with van der Waals surface area (Å²) >= 11 is 6.75. The Morgan fingerprint density at radius 2 is 2.06 bits per heavy atom. The largest absolute Gasteiger partial charge is 0.379 e. The third-order valence-corrected chi connectivity index (χ3v) is 3.17. The Labute approximate surface area is 117 Å². The molecular formula is C12H11Br2N3. The van der Waals surface area contributed by atoms with Crippen molar-refractivity contribution in [2.45, 2.75) is 13.5 Å². The Balaban J connectivity index is 2.07. The molecule has 0 aliphatic rings. The minimum absolute atomic E-state index is 0.733. The summed E-state index contributed by atoms with van der Waals surface area (Å²) in [7, 11) is 0. The van der Waals surface area contributed by atoms with Crippen LogP contribution >= 0.6 is 31.9 Å². The third-order valence-electron chi connectivity index (χ3n) is 2.30. The zero-order valence-electron chi connectivity index (χ0n) is 9.24. The van der Waals surface area contributed by atoms with Crippen molar-refractivity contribution in [1.82, 2.24) is 9.97 Å². The van der Waals surface area contributed by atoms with Gasteiger partial charge in [-0.25, -0.2) is 4.98 Å². The Morgan fingerprint density at radius 3 is 2.76 bits per heavy atom. The van der Waals surface area contributed by atoms with Crippen molar-refractivity contribution in [2.24, 2.45) is 0 Å². The van der Waals surface area contributed by atoms with Crippen molar-refractivity contribution in [1.29, 1.82) is 0 Å². The van der Waals surface area contributed by atoms with Crippen LogP contribution in [0.15, 0.2) is 39.7 Å². The molecule has 0 saturated carbocycles. The van der Waals surface area contributed by atoms with Gasteiger partial charge in [0.2, 0.25) is 0 Å².